The normalized spacial score (nSPS) is 17.1. The Morgan fingerprint density at radius 3 is 2.44 bits per heavy atom. The molecule has 0 aliphatic heterocycles. The van der Waals surface area contributed by atoms with E-state index in [1.54, 1.807) is 11.1 Å². The van der Waals surface area contributed by atoms with Crippen LogP contribution in [0, 0.1) is 5.92 Å². The lowest BCUT2D eigenvalue weighted by Crippen LogP contribution is -2.39. The molecule has 0 saturated heterocycles. The summed E-state index contributed by atoms with van der Waals surface area (Å²) < 4.78 is 0. The second-order valence-electron chi connectivity index (χ2n) is 5.71. The van der Waals surface area contributed by atoms with Crippen molar-refractivity contribution in [1.29, 1.82) is 0 Å². The van der Waals surface area contributed by atoms with Gasteiger partial charge < -0.3 is 10.2 Å². The highest BCUT2D eigenvalue weighted by molar-refractivity contribution is 5.32. The number of benzene rings is 1. The molecule has 0 bridgehead atoms. The van der Waals surface area contributed by atoms with Crippen molar-refractivity contribution in [3.05, 3.63) is 35.4 Å². The van der Waals surface area contributed by atoms with Crippen LogP contribution >= 0.6 is 0 Å². The van der Waals surface area contributed by atoms with Crippen LogP contribution in [0.2, 0.25) is 0 Å². The first kappa shape index (κ1) is 13.6. The standard InChI is InChI=1S/C16H26N2/c1-4-18(3)12-13(2)17-11-14-9-15-7-5-6-8-16(15)10-14/h5-8,13-14,17H,4,9-12H2,1-3H3. The zero-order chi connectivity index (χ0) is 13.0. The van der Waals surface area contributed by atoms with E-state index in [4.69, 9.17) is 0 Å². The van der Waals surface area contributed by atoms with Crippen molar-refractivity contribution < 1.29 is 0 Å². The predicted molar refractivity (Wildman–Crippen MR) is 78.0 cm³/mol. The summed E-state index contributed by atoms with van der Waals surface area (Å²) >= 11 is 0. The number of fused-ring (bicyclic) bond motifs is 1. The van der Waals surface area contributed by atoms with Gasteiger partial charge in [-0.15, -0.1) is 0 Å². The molecule has 100 valence electrons. The van der Waals surface area contributed by atoms with Crippen molar-refractivity contribution in [3.63, 3.8) is 0 Å². The first-order valence-electron chi connectivity index (χ1n) is 7.17. The second-order valence-corrected chi connectivity index (χ2v) is 5.71. The molecule has 0 heterocycles. The predicted octanol–water partition coefficient (Wildman–Crippen LogP) is 2.33. The third-order valence-corrected chi connectivity index (χ3v) is 4.02. The van der Waals surface area contributed by atoms with Gasteiger partial charge in [0, 0.05) is 12.6 Å². The van der Waals surface area contributed by atoms with Crippen LogP contribution in [0.25, 0.3) is 0 Å². The van der Waals surface area contributed by atoms with Gasteiger partial charge >= 0.3 is 0 Å². The van der Waals surface area contributed by atoms with Crippen molar-refractivity contribution in [2.75, 3.05) is 26.7 Å². The molecule has 1 N–H and O–H groups in total. The molecule has 18 heavy (non-hydrogen) atoms. The number of likely N-dealkylation sites (N-methyl/N-ethyl adjacent to an activating group) is 1. The Kier molecular flexibility index (Phi) is 4.79. The fraction of sp³-hybridized carbons (Fsp3) is 0.625. The Bertz CT molecular complexity index is 350. The molecule has 1 aromatic rings. The molecular weight excluding hydrogens is 220 g/mol. The van der Waals surface area contributed by atoms with Crippen molar-refractivity contribution >= 4 is 0 Å². The van der Waals surface area contributed by atoms with Gasteiger partial charge in [-0.1, -0.05) is 31.2 Å². The highest BCUT2D eigenvalue weighted by Crippen LogP contribution is 2.25. The Morgan fingerprint density at radius 2 is 1.89 bits per heavy atom. The van der Waals surface area contributed by atoms with Gasteiger partial charge in [0.1, 0.15) is 0 Å². The van der Waals surface area contributed by atoms with Gasteiger partial charge in [0.05, 0.1) is 0 Å². The lowest BCUT2D eigenvalue weighted by molar-refractivity contribution is 0.302. The zero-order valence-corrected chi connectivity index (χ0v) is 11.9. The fourth-order valence-electron chi connectivity index (χ4n) is 2.82. The lowest BCUT2D eigenvalue weighted by Gasteiger charge is -2.22. The molecule has 0 amide bonds. The van der Waals surface area contributed by atoms with E-state index in [1.165, 1.54) is 12.8 Å². The number of hydrogen-bond acceptors (Lipinski definition) is 2. The molecule has 0 fully saturated rings. The number of rotatable bonds is 6. The highest BCUT2D eigenvalue weighted by atomic mass is 15.1. The second kappa shape index (κ2) is 6.35. The van der Waals surface area contributed by atoms with E-state index >= 15 is 0 Å². The average molecular weight is 246 g/mol. The van der Waals surface area contributed by atoms with Crippen molar-refractivity contribution in [3.8, 4) is 0 Å². The molecule has 0 saturated carbocycles. The van der Waals surface area contributed by atoms with Gasteiger partial charge in [-0.2, -0.15) is 0 Å². The van der Waals surface area contributed by atoms with Gasteiger partial charge in [0.25, 0.3) is 0 Å². The summed E-state index contributed by atoms with van der Waals surface area (Å²) in [5.74, 6) is 0.789. The third-order valence-electron chi connectivity index (χ3n) is 4.02. The van der Waals surface area contributed by atoms with Crippen LogP contribution in [0.3, 0.4) is 0 Å². The van der Waals surface area contributed by atoms with E-state index in [0.717, 1.165) is 25.6 Å². The van der Waals surface area contributed by atoms with Crippen LogP contribution in [0.4, 0.5) is 0 Å². The summed E-state index contributed by atoms with van der Waals surface area (Å²) in [6, 6.07) is 9.47. The van der Waals surface area contributed by atoms with Gasteiger partial charge in [0.2, 0.25) is 0 Å². The monoisotopic (exact) mass is 246 g/mol. The van der Waals surface area contributed by atoms with Gasteiger partial charge in [-0.3, -0.25) is 0 Å². The molecule has 2 rings (SSSR count). The summed E-state index contributed by atoms with van der Waals surface area (Å²) in [6.07, 6.45) is 2.50. The molecule has 1 aliphatic rings. The summed E-state index contributed by atoms with van der Waals surface area (Å²) in [4.78, 5) is 2.36. The van der Waals surface area contributed by atoms with Crippen molar-refractivity contribution in [2.24, 2.45) is 5.92 Å². The van der Waals surface area contributed by atoms with Crippen LogP contribution in [-0.4, -0.2) is 37.6 Å². The molecule has 2 nitrogen and oxygen atoms in total. The van der Waals surface area contributed by atoms with E-state index in [9.17, 15) is 0 Å². The molecule has 1 aromatic carbocycles. The van der Waals surface area contributed by atoms with Crippen LogP contribution in [0.1, 0.15) is 25.0 Å². The molecule has 0 radical (unpaired) electrons. The Hall–Kier alpha value is -0.860. The minimum absolute atomic E-state index is 0.582. The topological polar surface area (TPSA) is 15.3 Å². The van der Waals surface area contributed by atoms with Crippen molar-refractivity contribution in [2.45, 2.75) is 32.7 Å². The molecular formula is C16H26N2. The minimum atomic E-state index is 0.582. The first-order chi connectivity index (χ1) is 8.69. The molecule has 1 unspecified atom stereocenters. The smallest absolute Gasteiger partial charge is 0.0166 e. The van der Waals surface area contributed by atoms with Crippen LogP contribution in [0.5, 0.6) is 0 Å². The van der Waals surface area contributed by atoms with Crippen molar-refractivity contribution in [1.82, 2.24) is 10.2 Å². The largest absolute Gasteiger partial charge is 0.313 e. The number of nitrogens with one attached hydrogen (secondary N) is 1. The summed E-state index contributed by atoms with van der Waals surface area (Å²) in [5.41, 5.74) is 3.12. The average Bonchev–Trinajstić information content (AvgIpc) is 2.79. The first-order valence-corrected chi connectivity index (χ1v) is 7.17. The van der Waals surface area contributed by atoms with Crippen LogP contribution in [0.15, 0.2) is 24.3 Å². The van der Waals surface area contributed by atoms with Gasteiger partial charge in [0.15, 0.2) is 0 Å². The van der Waals surface area contributed by atoms with Crippen LogP contribution < -0.4 is 5.32 Å². The molecule has 1 atom stereocenters. The number of hydrogen-bond donors (Lipinski definition) is 1. The minimum Gasteiger partial charge on any atom is -0.313 e. The maximum atomic E-state index is 3.68. The van der Waals surface area contributed by atoms with E-state index in [-0.39, 0.29) is 0 Å². The molecule has 1 aliphatic carbocycles. The lowest BCUT2D eigenvalue weighted by atomic mass is 10.1. The van der Waals surface area contributed by atoms with E-state index < -0.39 is 0 Å². The fourth-order valence-corrected chi connectivity index (χ4v) is 2.82. The quantitative estimate of drug-likeness (QED) is 0.829. The molecule has 0 spiro atoms. The van der Waals surface area contributed by atoms with Gasteiger partial charge in [-0.05, 0) is 56.9 Å². The summed E-state index contributed by atoms with van der Waals surface area (Å²) in [6.45, 7) is 7.90. The third kappa shape index (κ3) is 3.56. The Labute approximate surface area is 111 Å². The van der Waals surface area contributed by atoms with Crippen LogP contribution in [-0.2, 0) is 12.8 Å². The summed E-state index contributed by atoms with van der Waals surface area (Å²) in [5, 5.41) is 3.68. The highest BCUT2D eigenvalue weighted by Gasteiger charge is 2.20. The van der Waals surface area contributed by atoms with Gasteiger partial charge in [-0.25, -0.2) is 0 Å². The Morgan fingerprint density at radius 1 is 1.28 bits per heavy atom. The van der Waals surface area contributed by atoms with E-state index in [0.29, 0.717) is 6.04 Å². The maximum absolute atomic E-state index is 3.68. The Balaban J connectivity index is 1.73. The van der Waals surface area contributed by atoms with E-state index in [2.05, 4.69) is 55.4 Å². The molecule has 0 aromatic heterocycles. The summed E-state index contributed by atoms with van der Waals surface area (Å²) in [7, 11) is 2.18. The number of nitrogens with zero attached hydrogens (tertiary/aromatic N) is 1. The molecule has 2 heteroatoms. The SMILES string of the molecule is CCN(C)CC(C)NCC1Cc2ccccc2C1. The zero-order valence-electron chi connectivity index (χ0n) is 11.9. The van der Waals surface area contributed by atoms with E-state index in [1.807, 2.05) is 0 Å². The maximum Gasteiger partial charge on any atom is 0.0166 e.